The first-order chi connectivity index (χ1) is 7.69. The van der Waals surface area contributed by atoms with Gasteiger partial charge in [-0.15, -0.1) is 0 Å². The second-order valence-electron chi connectivity index (χ2n) is 3.38. The molecule has 1 aromatic carbocycles. The van der Waals surface area contributed by atoms with Gasteiger partial charge in [-0.1, -0.05) is 41.3 Å². The average Bonchev–Trinajstić information content (AvgIpc) is 2.71. The summed E-state index contributed by atoms with van der Waals surface area (Å²) >= 11 is 11.7. The second kappa shape index (κ2) is 4.85. The summed E-state index contributed by atoms with van der Waals surface area (Å²) in [6.45, 7) is 1.97. The van der Waals surface area contributed by atoms with Gasteiger partial charge in [0.25, 0.3) is 0 Å². The zero-order valence-corrected chi connectivity index (χ0v) is 10.2. The molecule has 0 N–H and O–H groups in total. The smallest absolute Gasteiger partial charge is 0.226 e. The number of rotatable bonds is 3. The van der Waals surface area contributed by atoms with Crippen molar-refractivity contribution in [3.8, 4) is 0 Å². The van der Waals surface area contributed by atoms with Crippen LogP contribution in [0.15, 0.2) is 22.7 Å². The fourth-order valence-corrected chi connectivity index (χ4v) is 1.66. The number of nitrogens with zero attached hydrogens (tertiary/aromatic N) is 2. The summed E-state index contributed by atoms with van der Waals surface area (Å²) in [5.74, 6) is 1.31. The first kappa shape index (κ1) is 11.4. The molecule has 84 valence electrons. The van der Waals surface area contributed by atoms with Crippen molar-refractivity contribution < 1.29 is 4.52 Å². The maximum absolute atomic E-state index is 5.92. The molecule has 0 amide bonds. The van der Waals surface area contributed by atoms with Crippen LogP contribution in [0, 0.1) is 0 Å². The molecule has 0 aliphatic carbocycles. The van der Waals surface area contributed by atoms with Crippen LogP contribution in [-0.2, 0) is 12.8 Å². The van der Waals surface area contributed by atoms with Gasteiger partial charge in [0.1, 0.15) is 0 Å². The lowest BCUT2D eigenvalue weighted by Gasteiger charge is -1.99. The van der Waals surface area contributed by atoms with Crippen molar-refractivity contribution >= 4 is 23.2 Å². The van der Waals surface area contributed by atoms with E-state index in [-0.39, 0.29) is 0 Å². The maximum Gasteiger partial charge on any atom is 0.226 e. The van der Waals surface area contributed by atoms with Crippen LogP contribution in [0.2, 0.25) is 10.0 Å². The molecule has 5 heteroatoms. The summed E-state index contributed by atoms with van der Waals surface area (Å²) < 4.78 is 5.02. The highest BCUT2D eigenvalue weighted by Gasteiger charge is 2.06. The molecule has 1 heterocycles. The van der Waals surface area contributed by atoms with E-state index in [1.54, 1.807) is 6.07 Å². The highest BCUT2D eigenvalue weighted by Crippen LogP contribution is 2.23. The topological polar surface area (TPSA) is 38.9 Å². The first-order valence-corrected chi connectivity index (χ1v) is 5.70. The predicted octanol–water partition coefficient (Wildman–Crippen LogP) is 3.53. The van der Waals surface area contributed by atoms with E-state index >= 15 is 0 Å². The lowest BCUT2D eigenvalue weighted by molar-refractivity contribution is 0.377. The molecule has 3 nitrogen and oxygen atoms in total. The Morgan fingerprint density at radius 2 is 2.06 bits per heavy atom. The number of aromatic nitrogens is 2. The molecule has 0 aliphatic heterocycles. The Morgan fingerprint density at radius 3 is 2.69 bits per heavy atom. The molecule has 0 radical (unpaired) electrons. The van der Waals surface area contributed by atoms with E-state index in [1.165, 1.54) is 0 Å². The quantitative estimate of drug-likeness (QED) is 0.844. The summed E-state index contributed by atoms with van der Waals surface area (Å²) in [5.41, 5.74) is 1.01. The van der Waals surface area contributed by atoms with E-state index < -0.39 is 0 Å². The predicted molar refractivity (Wildman–Crippen MR) is 62.9 cm³/mol. The van der Waals surface area contributed by atoms with Gasteiger partial charge in [0.05, 0.1) is 10.0 Å². The van der Waals surface area contributed by atoms with Gasteiger partial charge in [-0.05, 0) is 17.7 Å². The molecule has 0 bridgehead atoms. The Balaban J connectivity index is 2.17. The third-order valence-corrected chi connectivity index (χ3v) is 2.90. The number of benzene rings is 1. The number of hydrogen-bond acceptors (Lipinski definition) is 3. The molecule has 0 saturated carbocycles. The van der Waals surface area contributed by atoms with Crippen LogP contribution in [0.25, 0.3) is 0 Å². The standard InChI is InChI=1S/C11H10Cl2N2O/c1-2-11-14-10(15-16-11)6-7-3-4-8(12)9(13)5-7/h3-5H,2,6H2,1H3. The van der Waals surface area contributed by atoms with E-state index in [0.717, 1.165) is 12.0 Å². The van der Waals surface area contributed by atoms with Crippen LogP contribution in [0.4, 0.5) is 0 Å². The molecule has 16 heavy (non-hydrogen) atoms. The number of aryl methyl sites for hydroxylation is 1. The Labute approximate surface area is 103 Å². The molecule has 1 aromatic heterocycles. The van der Waals surface area contributed by atoms with E-state index in [1.807, 2.05) is 19.1 Å². The largest absolute Gasteiger partial charge is 0.339 e. The van der Waals surface area contributed by atoms with Crippen molar-refractivity contribution in [1.29, 1.82) is 0 Å². The molecule has 0 unspecified atom stereocenters. The minimum Gasteiger partial charge on any atom is -0.339 e. The molecule has 0 aliphatic rings. The van der Waals surface area contributed by atoms with Crippen molar-refractivity contribution in [3.63, 3.8) is 0 Å². The maximum atomic E-state index is 5.92. The molecule has 0 fully saturated rings. The van der Waals surface area contributed by atoms with E-state index in [4.69, 9.17) is 27.7 Å². The fourth-order valence-electron chi connectivity index (χ4n) is 1.34. The van der Waals surface area contributed by atoms with Crippen LogP contribution < -0.4 is 0 Å². The average molecular weight is 257 g/mol. The summed E-state index contributed by atoms with van der Waals surface area (Å²) in [7, 11) is 0. The van der Waals surface area contributed by atoms with Gasteiger partial charge in [0.2, 0.25) is 5.89 Å². The SMILES string of the molecule is CCc1nc(Cc2ccc(Cl)c(Cl)c2)no1. The van der Waals surface area contributed by atoms with Gasteiger partial charge in [0, 0.05) is 12.8 Å². The third-order valence-electron chi connectivity index (χ3n) is 2.16. The summed E-state index contributed by atoms with van der Waals surface area (Å²) in [6, 6.07) is 5.47. The third kappa shape index (κ3) is 2.54. The number of hydrogen-bond donors (Lipinski definition) is 0. The second-order valence-corrected chi connectivity index (χ2v) is 4.20. The van der Waals surface area contributed by atoms with Gasteiger partial charge in [-0.25, -0.2) is 0 Å². The lowest BCUT2D eigenvalue weighted by atomic mass is 10.1. The highest BCUT2D eigenvalue weighted by molar-refractivity contribution is 6.42. The van der Waals surface area contributed by atoms with E-state index in [0.29, 0.717) is 28.2 Å². The summed E-state index contributed by atoms with van der Waals surface area (Å²) in [5, 5.41) is 4.96. The van der Waals surface area contributed by atoms with Gasteiger partial charge in [-0.2, -0.15) is 4.98 Å². The number of halogens is 2. The first-order valence-electron chi connectivity index (χ1n) is 4.94. The van der Waals surface area contributed by atoms with E-state index in [2.05, 4.69) is 10.1 Å². The molecular weight excluding hydrogens is 247 g/mol. The van der Waals surface area contributed by atoms with Crippen LogP contribution in [0.5, 0.6) is 0 Å². The zero-order chi connectivity index (χ0) is 11.5. The summed E-state index contributed by atoms with van der Waals surface area (Å²) in [6.07, 6.45) is 1.34. The Kier molecular flexibility index (Phi) is 3.46. The molecular formula is C11H10Cl2N2O. The fraction of sp³-hybridized carbons (Fsp3) is 0.273. The van der Waals surface area contributed by atoms with Crippen LogP contribution in [-0.4, -0.2) is 10.1 Å². The lowest BCUT2D eigenvalue weighted by Crippen LogP contribution is -1.91. The van der Waals surface area contributed by atoms with Gasteiger partial charge in [0.15, 0.2) is 5.82 Å². The highest BCUT2D eigenvalue weighted by atomic mass is 35.5. The minimum atomic E-state index is 0.540. The monoisotopic (exact) mass is 256 g/mol. The Bertz CT molecular complexity index is 496. The van der Waals surface area contributed by atoms with Crippen molar-refractivity contribution in [1.82, 2.24) is 10.1 Å². The van der Waals surface area contributed by atoms with Crippen LogP contribution in [0.3, 0.4) is 0 Å². The zero-order valence-electron chi connectivity index (χ0n) is 8.70. The van der Waals surface area contributed by atoms with Crippen LogP contribution >= 0.6 is 23.2 Å². The summed E-state index contributed by atoms with van der Waals surface area (Å²) in [4.78, 5) is 4.22. The van der Waals surface area contributed by atoms with E-state index in [9.17, 15) is 0 Å². The molecule has 0 spiro atoms. The van der Waals surface area contributed by atoms with Crippen LogP contribution in [0.1, 0.15) is 24.2 Å². The minimum absolute atomic E-state index is 0.540. The van der Waals surface area contributed by atoms with Gasteiger partial charge in [-0.3, -0.25) is 0 Å². The van der Waals surface area contributed by atoms with Gasteiger partial charge < -0.3 is 4.52 Å². The van der Waals surface area contributed by atoms with Crippen molar-refractivity contribution in [3.05, 3.63) is 45.5 Å². The van der Waals surface area contributed by atoms with Crippen molar-refractivity contribution in [2.45, 2.75) is 19.8 Å². The molecule has 2 aromatic rings. The normalized spacial score (nSPS) is 10.7. The van der Waals surface area contributed by atoms with Gasteiger partial charge >= 0.3 is 0 Å². The molecule has 0 atom stereocenters. The Morgan fingerprint density at radius 1 is 1.25 bits per heavy atom. The molecule has 0 saturated heterocycles. The molecule has 2 rings (SSSR count). The Hall–Kier alpha value is -1.06. The van der Waals surface area contributed by atoms with Crippen molar-refractivity contribution in [2.75, 3.05) is 0 Å². The van der Waals surface area contributed by atoms with Crippen molar-refractivity contribution in [2.24, 2.45) is 0 Å².